The molecule has 0 saturated heterocycles. The minimum atomic E-state index is -0.243. The molecule has 0 saturated carbocycles. The molecular formula is C14H31N3O. The van der Waals surface area contributed by atoms with Crippen LogP contribution in [0.15, 0.2) is 5.16 Å². The molecule has 0 fully saturated rings. The molecule has 0 aromatic heterocycles. The van der Waals surface area contributed by atoms with Gasteiger partial charge in [-0.15, -0.1) is 0 Å². The first-order valence-electron chi connectivity index (χ1n) is 7.07. The van der Waals surface area contributed by atoms with Gasteiger partial charge in [0.25, 0.3) is 0 Å². The third-order valence-electron chi connectivity index (χ3n) is 3.60. The fraction of sp³-hybridized carbons (Fsp3) is 0.929. The van der Waals surface area contributed by atoms with E-state index in [1.54, 1.807) is 0 Å². The van der Waals surface area contributed by atoms with E-state index in [4.69, 9.17) is 10.9 Å². The second kappa shape index (κ2) is 8.35. The highest BCUT2D eigenvalue weighted by molar-refractivity contribution is 5.85. The van der Waals surface area contributed by atoms with Crippen LogP contribution >= 0.6 is 0 Å². The molecule has 4 heteroatoms. The van der Waals surface area contributed by atoms with Gasteiger partial charge in [0.2, 0.25) is 0 Å². The Kier molecular flexibility index (Phi) is 8.00. The number of oxime groups is 1. The van der Waals surface area contributed by atoms with Crippen molar-refractivity contribution >= 4 is 5.84 Å². The van der Waals surface area contributed by atoms with Crippen LogP contribution in [0.3, 0.4) is 0 Å². The fourth-order valence-electron chi connectivity index (χ4n) is 1.88. The lowest BCUT2D eigenvalue weighted by atomic mass is 9.87. The van der Waals surface area contributed by atoms with Gasteiger partial charge in [-0.2, -0.15) is 0 Å². The summed E-state index contributed by atoms with van der Waals surface area (Å²) in [6.45, 7) is 12.8. The second-order valence-electron chi connectivity index (χ2n) is 5.96. The molecule has 0 amide bonds. The van der Waals surface area contributed by atoms with Crippen LogP contribution < -0.4 is 5.73 Å². The Morgan fingerprint density at radius 1 is 1.28 bits per heavy atom. The average Bonchev–Trinajstić information content (AvgIpc) is 2.31. The molecule has 108 valence electrons. The van der Waals surface area contributed by atoms with Crippen LogP contribution in [0, 0.1) is 5.41 Å². The number of nitrogens with zero attached hydrogens (tertiary/aromatic N) is 2. The summed E-state index contributed by atoms with van der Waals surface area (Å²) in [5.74, 6) is 0.319. The van der Waals surface area contributed by atoms with Gasteiger partial charge in [-0.1, -0.05) is 38.8 Å². The standard InChI is InChI=1S/C14H31N3O/c1-6-7-8-10-17(12(2)3)11-9-14(4,5)13(15)16-18/h12,18H,6-11H2,1-5H3,(H2,15,16). The molecule has 0 unspecified atom stereocenters. The molecule has 0 aliphatic carbocycles. The van der Waals surface area contributed by atoms with Gasteiger partial charge in [-0.05, 0) is 39.8 Å². The summed E-state index contributed by atoms with van der Waals surface area (Å²) in [6, 6.07) is 0.546. The number of nitrogens with two attached hydrogens (primary N) is 1. The van der Waals surface area contributed by atoms with E-state index in [1.165, 1.54) is 19.3 Å². The molecule has 0 heterocycles. The van der Waals surface area contributed by atoms with Crippen LogP contribution in [0.25, 0.3) is 0 Å². The third kappa shape index (κ3) is 6.24. The van der Waals surface area contributed by atoms with E-state index in [0.717, 1.165) is 19.5 Å². The minimum Gasteiger partial charge on any atom is -0.409 e. The quantitative estimate of drug-likeness (QED) is 0.219. The molecule has 0 radical (unpaired) electrons. The van der Waals surface area contributed by atoms with Crippen LogP contribution in [-0.4, -0.2) is 35.1 Å². The third-order valence-corrected chi connectivity index (χ3v) is 3.60. The molecule has 0 atom stereocenters. The van der Waals surface area contributed by atoms with Gasteiger partial charge in [0.15, 0.2) is 0 Å². The monoisotopic (exact) mass is 257 g/mol. The number of rotatable bonds is 9. The average molecular weight is 257 g/mol. The summed E-state index contributed by atoms with van der Waals surface area (Å²) in [5, 5.41) is 11.9. The van der Waals surface area contributed by atoms with E-state index in [9.17, 15) is 0 Å². The van der Waals surface area contributed by atoms with Gasteiger partial charge in [-0.25, -0.2) is 0 Å². The number of amidine groups is 1. The molecule has 0 rings (SSSR count). The topological polar surface area (TPSA) is 61.8 Å². The first kappa shape index (κ1) is 17.2. The van der Waals surface area contributed by atoms with Gasteiger partial charge >= 0.3 is 0 Å². The maximum atomic E-state index is 8.77. The van der Waals surface area contributed by atoms with Crippen molar-refractivity contribution in [2.75, 3.05) is 13.1 Å². The van der Waals surface area contributed by atoms with E-state index in [2.05, 4.69) is 30.8 Å². The first-order valence-corrected chi connectivity index (χ1v) is 7.07. The first-order chi connectivity index (χ1) is 8.35. The van der Waals surface area contributed by atoms with Crippen molar-refractivity contribution in [3.8, 4) is 0 Å². The summed E-state index contributed by atoms with van der Waals surface area (Å²) in [6.07, 6.45) is 4.69. The van der Waals surface area contributed by atoms with Crippen LogP contribution in [-0.2, 0) is 0 Å². The Balaban J connectivity index is 4.26. The summed E-state index contributed by atoms with van der Waals surface area (Å²) in [7, 11) is 0. The summed E-state index contributed by atoms with van der Waals surface area (Å²) in [5.41, 5.74) is 5.47. The number of unbranched alkanes of at least 4 members (excludes halogenated alkanes) is 2. The number of hydrogen-bond donors (Lipinski definition) is 2. The predicted octanol–water partition coefficient (Wildman–Crippen LogP) is 3.05. The van der Waals surface area contributed by atoms with Gasteiger partial charge in [0.1, 0.15) is 5.84 Å². The van der Waals surface area contributed by atoms with Crippen molar-refractivity contribution in [1.82, 2.24) is 4.90 Å². The number of hydrogen-bond acceptors (Lipinski definition) is 3. The van der Waals surface area contributed by atoms with E-state index in [0.29, 0.717) is 11.9 Å². The van der Waals surface area contributed by atoms with E-state index < -0.39 is 0 Å². The Hall–Kier alpha value is -0.770. The van der Waals surface area contributed by atoms with E-state index in [-0.39, 0.29) is 5.41 Å². The molecule has 0 aromatic carbocycles. The molecule has 3 N–H and O–H groups in total. The van der Waals surface area contributed by atoms with Crippen molar-refractivity contribution in [3.05, 3.63) is 0 Å². The van der Waals surface area contributed by atoms with Crippen LogP contribution in [0.5, 0.6) is 0 Å². The van der Waals surface area contributed by atoms with Crippen LogP contribution in [0.1, 0.15) is 60.3 Å². The lowest BCUT2D eigenvalue weighted by Crippen LogP contribution is -2.39. The van der Waals surface area contributed by atoms with Gasteiger partial charge in [0, 0.05) is 11.5 Å². The molecule has 0 spiro atoms. The normalized spacial score (nSPS) is 13.6. The van der Waals surface area contributed by atoms with Crippen molar-refractivity contribution in [2.45, 2.75) is 66.3 Å². The zero-order chi connectivity index (χ0) is 14.2. The van der Waals surface area contributed by atoms with Gasteiger partial charge in [0.05, 0.1) is 0 Å². The van der Waals surface area contributed by atoms with Crippen LogP contribution in [0.2, 0.25) is 0 Å². The molecule has 0 aliphatic rings. The summed E-state index contributed by atoms with van der Waals surface area (Å²) < 4.78 is 0. The Bertz CT molecular complexity index is 249. The Morgan fingerprint density at radius 2 is 1.89 bits per heavy atom. The van der Waals surface area contributed by atoms with E-state index in [1.807, 2.05) is 13.8 Å². The lowest BCUT2D eigenvalue weighted by Gasteiger charge is -2.31. The molecule has 0 aliphatic heterocycles. The second-order valence-corrected chi connectivity index (χ2v) is 5.96. The fourth-order valence-corrected chi connectivity index (χ4v) is 1.88. The van der Waals surface area contributed by atoms with E-state index >= 15 is 0 Å². The maximum absolute atomic E-state index is 8.77. The van der Waals surface area contributed by atoms with Crippen LogP contribution in [0.4, 0.5) is 0 Å². The highest BCUT2D eigenvalue weighted by atomic mass is 16.4. The van der Waals surface area contributed by atoms with Crippen molar-refractivity contribution < 1.29 is 5.21 Å². The Morgan fingerprint density at radius 3 is 2.33 bits per heavy atom. The van der Waals surface area contributed by atoms with Crippen molar-refractivity contribution in [1.29, 1.82) is 0 Å². The zero-order valence-corrected chi connectivity index (χ0v) is 12.7. The Labute approximate surface area is 112 Å². The zero-order valence-electron chi connectivity index (χ0n) is 12.7. The van der Waals surface area contributed by atoms with Crippen molar-refractivity contribution in [2.24, 2.45) is 16.3 Å². The van der Waals surface area contributed by atoms with Crippen molar-refractivity contribution in [3.63, 3.8) is 0 Å². The molecule has 4 nitrogen and oxygen atoms in total. The molecule has 18 heavy (non-hydrogen) atoms. The largest absolute Gasteiger partial charge is 0.409 e. The summed E-state index contributed by atoms with van der Waals surface area (Å²) >= 11 is 0. The maximum Gasteiger partial charge on any atom is 0.144 e. The van der Waals surface area contributed by atoms with Gasteiger partial charge < -0.3 is 15.8 Å². The predicted molar refractivity (Wildman–Crippen MR) is 78.0 cm³/mol. The summed E-state index contributed by atoms with van der Waals surface area (Å²) in [4.78, 5) is 2.47. The highest BCUT2D eigenvalue weighted by Crippen LogP contribution is 2.21. The molecule has 0 bridgehead atoms. The smallest absolute Gasteiger partial charge is 0.144 e. The van der Waals surface area contributed by atoms with Gasteiger partial charge in [-0.3, -0.25) is 0 Å². The molecule has 0 aromatic rings. The molecular weight excluding hydrogens is 226 g/mol. The minimum absolute atomic E-state index is 0.243. The SMILES string of the molecule is CCCCCN(CCC(C)(C)C(N)=NO)C(C)C. The highest BCUT2D eigenvalue weighted by Gasteiger charge is 2.24. The lowest BCUT2D eigenvalue weighted by molar-refractivity contribution is 0.195.